The number of nitrogens with zero attached hydrogens (tertiary/aromatic N) is 5. The number of aromatic amines is 2. The van der Waals surface area contributed by atoms with Crippen LogP contribution in [0.15, 0.2) is 5.16 Å². The lowest BCUT2D eigenvalue weighted by Crippen LogP contribution is -2.32. The van der Waals surface area contributed by atoms with E-state index in [2.05, 4.69) is 30.4 Å². The van der Waals surface area contributed by atoms with Crippen molar-refractivity contribution in [2.24, 2.45) is 0 Å². The van der Waals surface area contributed by atoms with Gasteiger partial charge in [-0.25, -0.2) is 9.97 Å². The van der Waals surface area contributed by atoms with Crippen LogP contribution in [0.5, 0.6) is 0 Å². The van der Waals surface area contributed by atoms with Gasteiger partial charge in [0.25, 0.3) is 0 Å². The molecular weight excluding hydrogens is 302 g/mol. The molecule has 1 aliphatic rings. The first-order valence-corrected chi connectivity index (χ1v) is 8.38. The van der Waals surface area contributed by atoms with Gasteiger partial charge in [0.15, 0.2) is 5.82 Å². The molecule has 1 aliphatic heterocycles. The largest absolute Gasteiger partial charge is 0.332 e. The van der Waals surface area contributed by atoms with Crippen LogP contribution in [0.2, 0.25) is 0 Å². The molecule has 118 valence electrons. The first-order valence-electron chi connectivity index (χ1n) is 7.39. The van der Waals surface area contributed by atoms with E-state index in [1.54, 1.807) is 0 Å². The van der Waals surface area contributed by atoms with Crippen LogP contribution < -0.4 is 0 Å². The van der Waals surface area contributed by atoms with Crippen LogP contribution in [-0.4, -0.2) is 53.5 Å². The van der Waals surface area contributed by atoms with Gasteiger partial charge < -0.3 is 4.90 Å². The Morgan fingerprint density at radius 3 is 2.91 bits per heavy atom. The second-order valence-corrected chi connectivity index (χ2v) is 6.17. The Morgan fingerprint density at radius 1 is 1.36 bits per heavy atom. The number of H-pyrrole nitrogens is 2. The molecule has 0 aromatic carbocycles. The molecule has 0 radical (unpaired) electrons. The van der Waals surface area contributed by atoms with Crippen molar-refractivity contribution in [1.82, 2.24) is 35.3 Å². The molecule has 1 unspecified atom stereocenters. The minimum absolute atomic E-state index is 0.0172. The molecule has 1 amide bonds. The Labute approximate surface area is 132 Å². The fraction of sp³-hybridized carbons (Fsp3) is 0.615. The van der Waals surface area contributed by atoms with E-state index in [0.717, 1.165) is 37.5 Å². The average Bonchev–Trinajstić information content (AvgIpc) is 3.24. The zero-order chi connectivity index (χ0) is 15.5. The number of thioether (sulfide) groups is 1. The third kappa shape index (κ3) is 3.13. The maximum Gasteiger partial charge on any atom is 0.233 e. The lowest BCUT2D eigenvalue weighted by molar-refractivity contribution is -0.129. The van der Waals surface area contributed by atoms with Crippen LogP contribution >= 0.6 is 11.8 Å². The number of carbonyl (C=O) groups excluding carboxylic acids is 1. The number of aromatic nitrogens is 6. The van der Waals surface area contributed by atoms with Crippen molar-refractivity contribution in [2.45, 2.75) is 44.3 Å². The maximum absolute atomic E-state index is 12.5. The van der Waals surface area contributed by atoms with Crippen LogP contribution in [0, 0.1) is 6.92 Å². The minimum Gasteiger partial charge on any atom is -0.332 e. The van der Waals surface area contributed by atoms with E-state index in [1.165, 1.54) is 11.8 Å². The molecule has 3 heterocycles. The normalized spacial score (nSPS) is 18.1. The third-order valence-electron chi connectivity index (χ3n) is 3.66. The van der Waals surface area contributed by atoms with Crippen molar-refractivity contribution < 1.29 is 4.79 Å². The first kappa shape index (κ1) is 15.0. The highest BCUT2D eigenvalue weighted by molar-refractivity contribution is 7.99. The molecular formula is C13H19N7OS. The van der Waals surface area contributed by atoms with Crippen molar-refractivity contribution in [3.8, 4) is 0 Å². The average molecular weight is 321 g/mol. The molecule has 1 atom stereocenters. The monoisotopic (exact) mass is 321 g/mol. The Bertz CT molecular complexity index is 652. The SMILES string of the molecule is CCc1nc(SCC(=O)N2CCCC2c2n[nH]c(C)n2)n[nH]1. The van der Waals surface area contributed by atoms with Crippen molar-refractivity contribution in [2.75, 3.05) is 12.3 Å². The maximum atomic E-state index is 12.5. The van der Waals surface area contributed by atoms with Crippen molar-refractivity contribution >= 4 is 17.7 Å². The van der Waals surface area contributed by atoms with Gasteiger partial charge in [-0.05, 0) is 19.8 Å². The highest BCUT2D eigenvalue weighted by Gasteiger charge is 2.32. The molecule has 2 N–H and O–H groups in total. The van der Waals surface area contributed by atoms with Gasteiger partial charge in [0, 0.05) is 13.0 Å². The standard InChI is InChI=1S/C13H19N7OS/c1-3-10-15-13(19-17-10)22-7-11(21)20-6-4-5-9(20)12-14-8(2)16-18-12/h9H,3-7H2,1-2H3,(H,14,16,18)(H,15,17,19). The van der Waals surface area contributed by atoms with Gasteiger partial charge in [0.1, 0.15) is 11.6 Å². The van der Waals surface area contributed by atoms with Crippen LogP contribution in [0.25, 0.3) is 0 Å². The van der Waals surface area contributed by atoms with Crippen LogP contribution in [0.3, 0.4) is 0 Å². The van der Waals surface area contributed by atoms with Crippen LogP contribution in [0.4, 0.5) is 0 Å². The molecule has 1 saturated heterocycles. The molecule has 8 nitrogen and oxygen atoms in total. The van der Waals surface area contributed by atoms with E-state index in [-0.39, 0.29) is 11.9 Å². The van der Waals surface area contributed by atoms with E-state index in [9.17, 15) is 4.79 Å². The molecule has 2 aromatic rings. The van der Waals surface area contributed by atoms with Gasteiger partial charge in [-0.15, -0.1) is 5.10 Å². The summed E-state index contributed by atoms with van der Waals surface area (Å²) in [7, 11) is 0. The molecule has 22 heavy (non-hydrogen) atoms. The van der Waals surface area contributed by atoms with Crippen molar-refractivity contribution in [3.05, 3.63) is 17.5 Å². The summed E-state index contributed by atoms with van der Waals surface area (Å²) in [5.74, 6) is 2.74. The van der Waals surface area contributed by atoms with Gasteiger partial charge in [0.05, 0.1) is 11.8 Å². The Balaban J connectivity index is 1.61. The molecule has 2 aromatic heterocycles. The summed E-state index contributed by atoms with van der Waals surface area (Å²) in [5.41, 5.74) is 0. The molecule has 3 rings (SSSR count). The predicted molar refractivity (Wildman–Crippen MR) is 81.3 cm³/mol. The fourth-order valence-electron chi connectivity index (χ4n) is 2.55. The van der Waals surface area contributed by atoms with Crippen LogP contribution in [0.1, 0.15) is 43.3 Å². The van der Waals surface area contributed by atoms with Crippen molar-refractivity contribution in [1.29, 1.82) is 0 Å². The number of nitrogens with one attached hydrogen (secondary N) is 2. The summed E-state index contributed by atoms with van der Waals surface area (Å²) in [6.07, 6.45) is 2.70. The van der Waals surface area contributed by atoms with E-state index < -0.39 is 0 Å². The minimum atomic E-state index is -0.0172. The third-order valence-corrected chi connectivity index (χ3v) is 4.49. The summed E-state index contributed by atoms with van der Waals surface area (Å²) >= 11 is 1.36. The number of aryl methyl sites for hydroxylation is 2. The first-order chi connectivity index (χ1) is 10.7. The Hall–Kier alpha value is -1.90. The van der Waals surface area contributed by atoms with Crippen LogP contribution in [-0.2, 0) is 11.2 Å². The summed E-state index contributed by atoms with van der Waals surface area (Å²) in [4.78, 5) is 23.0. The zero-order valence-electron chi connectivity index (χ0n) is 12.7. The highest BCUT2D eigenvalue weighted by Crippen LogP contribution is 2.30. The number of hydrogen-bond acceptors (Lipinski definition) is 6. The molecule has 0 spiro atoms. The van der Waals surface area contributed by atoms with Gasteiger partial charge in [0.2, 0.25) is 11.1 Å². The van der Waals surface area contributed by atoms with Gasteiger partial charge in [-0.3, -0.25) is 15.0 Å². The quantitative estimate of drug-likeness (QED) is 0.803. The predicted octanol–water partition coefficient (Wildman–Crippen LogP) is 1.25. The van der Waals surface area contributed by atoms with Crippen molar-refractivity contribution in [3.63, 3.8) is 0 Å². The molecule has 0 bridgehead atoms. The summed E-state index contributed by atoms with van der Waals surface area (Å²) < 4.78 is 0. The number of hydrogen-bond donors (Lipinski definition) is 2. The number of carbonyl (C=O) groups is 1. The second kappa shape index (κ2) is 6.47. The van der Waals surface area contributed by atoms with Gasteiger partial charge in [-0.1, -0.05) is 18.7 Å². The number of amides is 1. The summed E-state index contributed by atoms with van der Waals surface area (Å²) in [5, 5.41) is 14.6. The molecule has 0 saturated carbocycles. The molecule has 0 aliphatic carbocycles. The summed E-state index contributed by atoms with van der Waals surface area (Å²) in [6, 6.07) is -0.0172. The second-order valence-electron chi connectivity index (χ2n) is 5.23. The van der Waals surface area contributed by atoms with Gasteiger partial charge >= 0.3 is 0 Å². The number of likely N-dealkylation sites (tertiary alicyclic amines) is 1. The van der Waals surface area contributed by atoms with Gasteiger partial charge in [-0.2, -0.15) is 5.10 Å². The zero-order valence-corrected chi connectivity index (χ0v) is 13.5. The smallest absolute Gasteiger partial charge is 0.233 e. The summed E-state index contributed by atoms with van der Waals surface area (Å²) in [6.45, 7) is 4.63. The van der Waals surface area contributed by atoms with E-state index in [1.807, 2.05) is 18.7 Å². The van der Waals surface area contributed by atoms with E-state index >= 15 is 0 Å². The highest BCUT2D eigenvalue weighted by atomic mass is 32.2. The molecule has 1 fully saturated rings. The topological polar surface area (TPSA) is 103 Å². The molecule has 9 heteroatoms. The fourth-order valence-corrected chi connectivity index (χ4v) is 3.26. The van der Waals surface area contributed by atoms with E-state index in [4.69, 9.17) is 0 Å². The van der Waals surface area contributed by atoms with E-state index in [0.29, 0.717) is 16.7 Å². The Morgan fingerprint density at radius 2 is 2.23 bits per heavy atom. The lowest BCUT2D eigenvalue weighted by atomic mass is 10.2. The Kier molecular flexibility index (Phi) is 4.41. The number of rotatable bonds is 5. The lowest BCUT2D eigenvalue weighted by Gasteiger charge is -2.22.